The van der Waals surface area contributed by atoms with E-state index in [1.54, 1.807) is 0 Å². The van der Waals surface area contributed by atoms with E-state index in [4.69, 9.17) is 0 Å². The summed E-state index contributed by atoms with van der Waals surface area (Å²) in [6.07, 6.45) is 8.05. The van der Waals surface area contributed by atoms with Gasteiger partial charge in [0, 0.05) is 24.8 Å². The van der Waals surface area contributed by atoms with Crippen molar-refractivity contribution in [2.24, 2.45) is 0 Å². The van der Waals surface area contributed by atoms with E-state index in [1.165, 1.54) is 43.4 Å². The van der Waals surface area contributed by atoms with Crippen LogP contribution in [0.3, 0.4) is 0 Å². The molecule has 1 aliphatic carbocycles. The van der Waals surface area contributed by atoms with E-state index in [-0.39, 0.29) is 0 Å². The van der Waals surface area contributed by atoms with Crippen LogP contribution < -0.4 is 10.2 Å². The zero-order valence-electron chi connectivity index (χ0n) is 12.7. The molecule has 0 spiro atoms. The fraction of sp³-hybridized carbons (Fsp3) is 0.647. The molecule has 19 heavy (non-hydrogen) atoms. The third kappa shape index (κ3) is 3.50. The van der Waals surface area contributed by atoms with E-state index in [0.29, 0.717) is 6.04 Å². The summed E-state index contributed by atoms with van der Waals surface area (Å²) in [5.41, 5.74) is 2.76. The highest BCUT2D eigenvalue weighted by atomic mass is 15.1. The van der Waals surface area contributed by atoms with Crippen LogP contribution in [0, 0.1) is 0 Å². The van der Waals surface area contributed by atoms with Crippen molar-refractivity contribution in [2.45, 2.75) is 57.5 Å². The SMILES string of the molecule is CCC(NC)c1ccc(N(C)C2CCCCC2)cc1. The lowest BCUT2D eigenvalue weighted by atomic mass is 9.94. The fourth-order valence-corrected chi connectivity index (χ4v) is 3.23. The van der Waals surface area contributed by atoms with Crippen LogP contribution in [-0.2, 0) is 0 Å². The highest BCUT2D eigenvalue weighted by Gasteiger charge is 2.18. The van der Waals surface area contributed by atoms with Gasteiger partial charge >= 0.3 is 0 Å². The molecule has 1 aromatic rings. The van der Waals surface area contributed by atoms with Gasteiger partial charge in [-0.3, -0.25) is 0 Å². The molecule has 0 bridgehead atoms. The summed E-state index contributed by atoms with van der Waals surface area (Å²) in [5.74, 6) is 0. The van der Waals surface area contributed by atoms with Gasteiger partial charge in [-0.2, -0.15) is 0 Å². The molecule has 0 heterocycles. The van der Waals surface area contributed by atoms with Gasteiger partial charge in [0.15, 0.2) is 0 Å². The quantitative estimate of drug-likeness (QED) is 0.856. The lowest BCUT2D eigenvalue weighted by Crippen LogP contribution is -2.33. The summed E-state index contributed by atoms with van der Waals surface area (Å²) in [7, 11) is 4.29. The molecule has 0 aliphatic heterocycles. The van der Waals surface area contributed by atoms with Gasteiger partial charge in [0.2, 0.25) is 0 Å². The molecule has 1 aromatic carbocycles. The topological polar surface area (TPSA) is 15.3 Å². The van der Waals surface area contributed by atoms with Gasteiger partial charge in [0.1, 0.15) is 0 Å². The van der Waals surface area contributed by atoms with Gasteiger partial charge in [0.05, 0.1) is 0 Å². The maximum Gasteiger partial charge on any atom is 0.0366 e. The average molecular weight is 260 g/mol. The summed E-state index contributed by atoms with van der Waals surface area (Å²) in [5, 5.41) is 3.37. The molecular weight excluding hydrogens is 232 g/mol. The van der Waals surface area contributed by atoms with Crippen LogP contribution in [0.1, 0.15) is 57.1 Å². The van der Waals surface area contributed by atoms with Gasteiger partial charge in [-0.05, 0) is 44.0 Å². The Kier molecular flexibility index (Phi) is 5.26. The van der Waals surface area contributed by atoms with Crippen molar-refractivity contribution < 1.29 is 0 Å². The van der Waals surface area contributed by atoms with Crippen LogP contribution >= 0.6 is 0 Å². The van der Waals surface area contributed by atoms with Crippen LogP contribution in [0.15, 0.2) is 24.3 Å². The largest absolute Gasteiger partial charge is 0.372 e. The van der Waals surface area contributed by atoms with E-state index in [9.17, 15) is 0 Å². The predicted molar refractivity (Wildman–Crippen MR) is 83.8 cm³/mol. The van der Waals surface area contributed by atoms with E-state index < -0.39 is 0 Å². The van der Waals surface area contributed by atoms with Crippen LogP contribution in [0.4, 0.5) is 5.69 Å². The van der Waals surface area contributed by atoms with Crippen LogP contribution in [-0.4, -0.2) is 20.1 Å². The minimum Gasteiger partial charge on any atom is -0.372 e. The van der Waals surface area contributed by atoms with Crippen molar-refractivity contribution in [3.63, 3.8) is 0 Å². The first kappa shape index (κ1) is 14.4. The lowest BCUT2D eigenvalue weighted by molar-refractivity contribution is 0.427. The Hall–Kier alpha value is -1.02. The normalized spacial score (nSPS) is 18.3. The Labute approximate surface area is 118 Å². The monoisotopic (exact) mass is 260 g/mol. The van der Waals surface area contributed by atoms with E-state index in [2.05, 4.69) is 48.5 Å². The molecule has 1 saturated carbocycles. The summed E-state index contributed by atoms with van der Waals surface area (Å²) >= 11 is 0. The van der Waals surface area contributed by atoms with Crippen molar-refractivity contribution in [1.29, 1.82) is 0 Å². The Morgan fingerprint density at radius 2 is 1.79 bits per heavy atom. The highest BCUT2D eigenvalue weighted by molar-refractivity contribution is 5.48. The van der Waals surface area contributed by atoms with Gasteiger partial charge < -0.3 is 10.2 Å². The zero-order chi connectivity index (χ0) is 13.7. The van der Waals surface area contributed by atoms with Crippen LogP contribution in [0.25, 0.3) is 0 Å². The number of nitrogens with one attached hydrogen (secondary N) is 1. The summed E-state index contributed by atoms with van der Waals surface area (Å²) in [6.45, 7) is 2.23. The first-order valence-electron chi connectivity index (χ1n) is 7.76. The molecule has 106 valence electrons. The molecule has 1 N–H and O–H groups in total. The Morgan fingerprint density at radius 3 is 2.32 bits per heavy atom. The number of hydrogen-bond donors (Lipinski definition) is 1. The Bertz CT molecular complexity index is 361. The summed E-state index contributed by atoms with van der Waals surface area (Å²) in [4.78, 5) is 2.48. The smallest absolute Gasteiger partial charge is 0.0366 e. The lowest BCUT2D eigenvalue weighted by Gasteiger charge is -2.33. The van der Waals surface area contributed by atoms with Crippen molar-refractivity contribution in [1.82, 2.24) is 5.32 Å². The number of hydrogen-bond acceptors (Lipinski definition) is 2. The number of nitrogens with zero attached hydrogens (tertiary/aromatic N) is 1. The molecule has 1 unspecified atom stereocenters. The summed E-state index contributed by atoms with van der Waals surface area (Å²) in [6, 6.07) is 10.3. The minimum absolute atomic E-state index is 0.481. The van der Waals surface area contributed by atoms with Gasteiger partial charge in [0.25, 0.3) is 0 Å². The van der Waals surface area contributed by atoms with Crippen LogP contribution in [0.2, 0.25) is 0 Å². The molecule has 0 saturated heterocycles. The molecule has 1 fully saturated rings. The second kappa shape index (κ2) is 6.95. The molecule has 0 radical (unpaired) electrons. The molecule has 2 nitrogen and oxygen atoms in total. The predicted octanol–water partition coefficient (Wildman–Crippen LogP) is 4.13. The van der Waals surface area contributed by atoms with E-state index >= 15 is 0 Å². The average Bonchev–Trinajstić information content (AvgIpc) is 2.49. The summed E-state index contributed by atoms with van der Waals surface area (Å²) < 4.78 is 0. The van der Waals surface area contributed by atoms with Crippen molar-refractivity contribution in [3.8, 4) is 0 Å². The number of anilines is 1. The second-order valence-electron chi connectivity index (χ2n) is 5.74. The third-order valence-electron chi connectivity index (χ3n) is 4.58. The maximum atomic E-state index is 3.37. The number of benzene rings is 1. The standard InChI is InChI=1S/C17H28N2/c1-4-17(18-2)14-10-12-16(13-11-14)19(3)15-8-6-5-7-9-15/h10-13,15,17-18H,4-9H2,1-3H3. The maximum absolute atomic E-state index is 3.37. The Balaban J connectivity index is 2.04. The number of rotatable bonds is 5. The molecule has 0 amide bonds. The fourth-order valence-electron chi connectivity index (χ4n) is 3.23. The molecule has 1 aliphatic rings. The third-order valence-corrected chi connectivity index (χ3v) is 4.58. The first-order valence-corrected chi connectivity index (χ1v) is 7.76. The molecule has 2 rings (SSSR count). The van der Waals surface area contributed by atoms with Gasteiger partial charge in [-0.1, -0.05) is 38.3 Å². The van der Waals surface area contributed by atoms with Gasteiger partial charge in [-0.25, -0.2) is 0 Å². The van der Waals surface area contributed by atoms with E-state index in [1.807, 2.05) is 7.05 Å². The zero-order valence-corrected chi connectivity index (χ0v) is 12.7. The molecular formula is C17H28N2. The highest BCUT2D eigenvalue weighted by Crippen LogP contribution is 2.27. The first-order chi connectivity index (χ1) is 9.26. The molecule has 1 atom stereocenters. The minimum atomic E-state index is 0.481. The molecule has 2 heteroatoms. The Morgan fingerprint density at radius 1 is 1.16 bits per heavy atom. The van der Waals surface area contributed by atoms with Crippen LogP contribution in [0.5, 0.6) is 0 Å². The van der Waals surface area contributed by atoms with Gasteiger partial charge in [-0.15, -0.1) is 0 Å². The van der Waals surface area contributed by atoms with Crippen molar-refractivity contribution in [3.05, 3.63) is 29.8 Å². The van der Waals surface area contributed by atoms with E-state index in [0.717, 1.165) is 12.5 Å². The molecule has 0 aromatic heterocycles. The second-order valence-corrected chi connectivity index (χ2v) is 5.74. The van der Waals surface area contributed by atoms with Crippen molar-refractivity contribution in [2.75, 3.05) is 19.0 Å². The van der Waals surface area contributed by atoms with Crippen molar-refractivity contribution >= 4 is 5.69 Å².